The zero-order chi connectivity index (χ0) is 15.1. The normalized spacial score (nSPS) is 10.4. The standard InChI is InChI=1S/C17H19BrO3/c1-2-9-20-16-8-5-14(11-19)17(10-16)21-12-13-3-6-15(18)7-4-13/h3-8,10,19H,2,9,11-12H2,1H3. The summed E-state index contributed by atoms with van der Waals surface area (Å²) < 4.78 is 12.5. The van der Waals surface area contributed by atoms with Gasteiger partial charge in [0, 0.05) is 16.1 Å². The van der Waals surface area contributed by atoms with Gasteiger partial charge in [-0.1, -0.05) is 35.0 Å². The van der Waals surface area contributed by atoms with Gasteiger partial charge in [-0.25, -0.2) is 0 Å². The van der Waals surface area contributed by atoms with Crippen LogP contribution in [0.25, 0.3) is 0 Å². The lowest BCUT2D eigenvalue weighted by molar-refractivity contribution is 0.256. The summed E-state index contributed by atoms with van der Waals surface area (Å²) in [6.07, 6.45) is 0.955. The second-order valence-electron chi connectivity index (χ2n) is 4.69. The van der Waals surface area contributed by atoms with Crippen LogP contribution in [0.4, 0.5) is 0 Å². The van der Waals surface area contributed by atoms with E-state index >= 15 is 0 Å². The van der Waals surface area contributed by atoms with Crippen molar-refractivity contribution < 1.29 is 14.6 Å². The maximum Gasteiger partial charge on any atom is 0.129 e. The minimum Gasteiger partial charge on any atom is -0.493 e. The van der Waals surface area contributed by atoms with Gasteiger partial charge in [-0.3, -0.25) is 0 Å². The fourth-order valence-corrected chi connectivity index (χ4v) is 2.12. The molecule has 0 heterocycles. The third-order valence-electron chi connectivity index (χ3n) is 2.99. The summed E-state index contributed by atoms with van der Waals surface area (Å²) in [7, 11) is 0. The van der Waals surface area contributed by atoms with Crippen LogP contribution in [0.2, 0.25) is 0 Å². The number of rotatable bonds is 7. The van der Waals surface area contributed by atoms with Crippen LogP contribution < -0.4 is 9.47 Å². The zero-order valence-electron chi connectivity index (χ0n) is 12.0. The highest BCUT2D eigenvalue weighted by atomic mass is 79.9. The summed E-state index contributed by atoms with van der Waals surface area (Å²) in [5, 5.41) is 9.39. The van der Waals surface area contributed by atoms with Crippen molar-refractivity contribution in [3.8, 4) is 11.5 Å². The average Bonchev–Trinajstić information content (AvgIpc) is 2.52. The van der Waals surface area contributed by atoms with E-state index in [1.54, 1.807) is 0 Å². The molecule has 0 aliphatic heterocycles. The van der Waals surface area contributed by atoms with E-state index in [0.29, 0.717) is 19.0 Å². The monoisotopic (exact) mass is 350 g/mol. The molecule has 2 rings (SSSR count). The van der Waals surface area contributed by atoms with Crippen molar-refractivity contribution in [2.75, 3.05) is 6.61 Å². The largest absolute Gasteiger partial charge is 0.493 e. The average molecular weight is 351 g/mol. The molecule has 21 heavy (non-hydrogen) atoms. The van der Waals surface area contributed by atoms with Crippen molar-refractivity contribution in [3.63, 3.8) is 0 Å². The molecule has 112 valence electrons. The van der Waals surface area contributed by atoms with Gasteiger partial charge < -0.3 is 14.6 Å². The van der Waals surface area contributed by atoms with Crippen LogP contribution >= 0.6 is 15.9 Å². The molecule has 0 aliphatic rings. The van der Waals surface area contributed by atoms with Crippen LogP contribution in [-0.4, -0.2) is 11.7 Å². The maximum atomic E-state index is 9.39. The predicted octanol–water partition coefficient (Wildman–Crippen LogP) is 4.31. The quantitative estimate of drug-likeness (QED) is 0.808. The summed E-state index contributed by atoms with van der Waals surface area (Å²) in [6, 6.07) is 13.5. The first-order chi connectivity index (χ1) is 10.2. The van der Waals surface area contributed by atoms with Gasteiger partial charge >= 0.3 is 0 Å². The first-order valence-corrected chi connectivity index (χ1v) is 7.76. The van der Waals surface area contributed by atoms with Crippen molar-refractivity contribution in [1.82, 2.24) is 0 Å². The van der Waals surface area contributed by atoms with E-state index in [1.165, 1.54) is 0 Å². The van der Waals surface area contributed by atoms with Gasteiger partial charge in [-0.05, 0) is 36.2 Å². The molecule has 0 aliphatic carbocycles. The summed E-state index contributed by atoms with van der Waals surface area (Å²) in [6.45, 7) is 3.14. The Bertz CT molecular complexity index is 567. The third-order valence-corrected chi connectivity index (χ3v) is 3.52. The topological polar surface area (TPSA) is 38.7 Å². The Labute approximate surface area is 133 Å². The molecule has 0 fully saturated rings. The number of benzene rings is 2. The second kappa shape index (κ2) is 8.05. The number of hydrogen-bond acceptors (Lipinski definition) is 3. The van der Waals surface area contributed by atoms with Crippen LogP contribution in [0.5, 0.6) is 11.5 Å². The lowest BCUT2D eigenvalue weighted by atomic mass is 10.2. The van der Waals surface area contributed by atoms with E-state index in [9.17, 15) is 5.11 Å². The number of ether oxygens (including phenoxy) is 2. The molecule has 2 aromatic rings. The Morgan fingerprint density at radius 3 is 2.48 bits per heavy atom. The fourth-order valence-electron chi connectivity index (χ4n) is 1.85. The van der Waals surface area contributed by atoms with Crippen molar-refractivity contribution in [2.45, 2.75) is 26.6 Å². The zero-order valence-corrected chi connectivity index (χ0v) is 13.6. The molecule has 0 saturated carbocycles. The number of halogens is 1. The van der Waals surface area contributed by atoms with Gasteiger partial charge in [-0.2, -0.15) is 0 Å². The summed E-state index contributed by atoms with van der Waals surface area (Å²) >= 11 is 3.41. The van der Waals surface area contributed by atoms with Gasteiger partial charge in [0.15, 0.2) is 0 Å². The van der Waals surface area contributed by atoms with E-state index in [2.05, 4.69) is 22.9 Å². The number of aliphatic hydroxyl groups excluding tert-OH is 1. The Balaban J connectivity index is 2.07. The molecule has 0 radical (unpaired) electrons. The van der Waals surface area contributed by atoms with Crippen LogP contribution in [0.3, 0.4) is 0 Å². The number of hydrogen-bond donors (Lipinski definition) is 1. The Kier molecular flexibility index (Phi) is 6.08. The van der Waals surface area contributed by atoms with Crippen molar-refractivity contribution in [2.24, 2.45) is 0 Å². The molecule has 0 amide bonds. The smallest absolute Gasteiger partial charge is 0.129 e. The summed E-state index contributed by atoms with van der Waals surface area (Å²) in [4.78, 5) is 0. The molecular weight excluding hydrogens is 332 g/mol. The molecule has 0 saturated heterocycles. The van der Waals surface area contributed by atoms with Gasteiger partial charge in [0.25, 0.3) is 0 Å². The molecule has 4 heteroatoms. The lowest BCUT2D eigenvalue weighted by Gasteiger charge is -2.13. The molecule has 3 nitrogen and oxygen atoms in total. The minimum absolute atomic E-state index is 0.0519. The second-order valence-corrected chi connectivity index (χ2v) is 5.61. The van der Waals surface area contributed by atoms with E-state index in [-0.39, 0.29) is 6.61 Å². The molecular formula is C17H19BrO3. The maximum absolute atomic E-state index is 9.39. The van der Waals surface area contributed by atoms with E-state index in [4.69, 9.17) is 9.47 Å². The van der Waals surface area contributed by atoms with Gasteiger partial charge in [0.05, 0.1) is 13.2 Å². The Hall–Kier alpha value is -1.52. The molecule has 0 spiro atoms. The first-order valence-electron chi connectivity index (χ1n) is 6.96. The van der Waals surface area contributed by atoms with Gasteiger partial charge in [0.2, 0.25) is 0 Å². The molecule has 0 atom stereocenters. The van der Waals surface area contributed by atoms with Crippen LogP contribution in [0.15, 0.2) is 46.9 Å². The van der Waals surface area contributed by atoms with Gasteiger partial charge in [-0.15, -0.1) is 0 Å². The molecule has 0 bridgehead atoms. The Morgan fingerprint density at radius 2 is 1.81 bits per heavy atom. The van der Waals surface area contributed by atoms with E-state index in [1.807, 2.05) is 42.5 Å². The molecule has 0 aromatic heterocycles. The van der Waals surface area contributed by atoms with E-state index in [0.717, 1.165) is 27.8 Å². The van der Waals surface area contributed by atoms with Crippen LogP contribution in [0.1, 0.15) is 24.5 Å². The van der Waals surface area contributed by atoms with Crippen molar-refractivity contribution in [1.29, 1.82) is 0 Å². The van der Waals surface area contributed by atoms with Crippen molar-refractivity contribution >= 4 is 15.9 Å². The number of aliphatic hydroxyl groups is 1. The fraction of sp³-hybridized carbons (Fsp3) is 0.294. The minimum atomic E-state index is -0.0519. The molecule has 0 unspecified atom stereocenters. The lowest BCUT2D eigenvalue weighted by Crippen LogP contribution is -2.01. The van der Waals surface area contributed by atoms with E-state index < -0.39 is 0 Å². The summed E-state index contributed by atoms with van der Waals surface area (Å²) in [5.41, 5.74) is 1.83. The molecule has 2 aromatic carbocycles. The SMILES string of the molecule is CCCOc1ccc(CO)c(OCc2ccc(Br)cc2)c1. The van der Waals surface area contributed by atoms with Crippen molar-refractivity contribution in [3.05, 3.63) is 58.1 Å². The highest BCUT2D eigenvalue weighted by Crippen LogP contribution is 2.26. The summed E-state index contributed by atoms with van der Waals surface area (Å²) in [5.74, 6) is 1.42. The predicted molar refractivity (Wildman–Crippen MR) is 86.6 cm³/mol. The highest BCUT2D eigenvalue weighted by molar-refractivity contribution is 9.10. The highest BCUT2D eigenvalue weighted by Gasteiger charge is 2.06. The first kappa shape index (κ1) is 15.9. The van der Waals surface area contributed by atoms with Gasteiger partial charge in [0.1, 0.15) is 18.1 Å². The Morgan fingerprint density at radius 1 is 1.05 bits per heavy atom. The molecule has 1 N–H and O–H groups in total. The third kappa shape index (κ3) is 4.76. The van der Waals surface area contributed by atoms with Crippen LogP contribution in [0, 0.1) is 0 Å². The van der Waals surface area contributed by atoms with Crippen LogP contribution in [-0.2, 0) is 13.2 Å².